The van der Waals surface area contributed by atoms with Crippen LogP contribution in [0.3, 0.4) is 0 Å². The predicted octanol–water partition coefficient (Wildman–Crippen LogP) is -0.0915. The summed E-state index contributed by atoms with van der Waals surface area (Å²) in [5.41, 5.74) is 0. The molecule has 1 heterocycles. The maximum Gasteiger partial charge on any atom is 0.00238 e. The predicted molar refractivity (Wildman–Crippen MR) is 20.9 cm³/mol. The Morgan fingerprint density at radius 3 is 1.50 bits per heavy atom. The van der Waals surface area contributed by atoms with Crippen molar-refractivity contribution in [2.45, 2.75) is 0 Å². The van der Waals surface area contributed by atoms with Crippen molar-refractivity contribution in [3.63, 3.8) is 0 Å². The van der Waals surface area contributed by atoms with Crippen LogP contribution in [-0.4, -0.2) is 17.0 Å². The van der Waals surface area contributed by atoms with E-state index in [4.69, 9.17) is 0 Å². The Morgan fingerprint density at radius 2 is 1.50 bits per heavy atom. The maximum atomic E-state index is 2.00. The largest absolute Gasteiger partial charge is 0.412 e. The lowest BCUT2D eigenvalue weighted by atomic mass is 11.0. The molecule has 0 amide bonds. The molecule has 1 nitrogen and oxygen atoms in total. The maximum absolute atomic E-state index is 2.00. The molecule has 0 atom stereocenters. The molecule has 0 saturated carbocycles. The Balaban J connectivity index is 0.0000000900. The standard InChI is InChI=1S/C2H4S.H2O/c1-2-3-1;/h1-2H2;1H2. The second-order valence-corrected chi connectivity index (χ2v) is 1.84. The van der Waals surface area contributed by atoms with Crippen LogP contribution >= 0.6 is 11.8 Å². The number of thioether (sulfide) groups is 1. The van der Waals surface area contributed by atoms with Crippen LogP contribution in [0.15, 0.2) is 0 Å². The van der Waals surface area contributed by atoms with Gasteiger partial charge < -0.3 is 5.48 Å². The zero-order valence-electron chi connectivity index (χ0n) is 2.32. The summed E-state index contributed by atoms with van der Waals surface area (Å²) < 4.78 is 0. The van der Waals surface area contributed by atoms with Gasteiger partial charge in [0.05, 0.1) is 0 Å². The van der Waals surface area contributed by atoms with E-state index >= 15 is 0 Å². The van der Waals surface area contributed by atoms with Crippen molar-refractivity contribution in [3.8, 4) is 0 Å². The Morgan fingerprint density at radius 1 is 1.25 bits per heavy atom. The molecule has 2 N–H and O–H groups in total. The first kappa shape index (κ1) is 4.31. The van der Waals surface area contributed by atoms with Gasteiger partial charge >= 0.3 is 0 Å². The Bertz CT molecular complexity index is 10.8. The first-order chi connectivity index (χ1) is 1.50. The van der Waals surface area contributed by atoms with Crippen molar-refractivity contribution in [1.29, 1.82) is 0 Å². The summed E-state index contributed by atoms with van der Waals surface area (Å²) in [4.78, 5) is 0. The fraction of sp³-hybridized carbons (Fsp3) is 1.00. The molecule has 0 aliphatic carbocycles. The highest BCUT2D eigenvalue weighted by Gasteiger charge is 1.95. The van der Waals surface area contributed by atoms with E-state index in [9.17, 15) is 0 Å². The van der Waals surface area contributed by atoms with E-state index in [1.165, 1.54) is 11.5 Å². The first-order valence-corrected chi connectivity index (χ1v) is 2.23. The molecule has 26 valence electrons. The molecular formula is C2H6OS. The van der Waals surface area contributed by atoms with Gasteiger partial charge in [0.15, 0.2) is 0 Å². The number of hydrogen-bond acceptors (Lipinski definition) is 1. The molecule has 0 radical (unpaired) electrons. The molecule has 1 fully saturated rings. The molecule has 0 aromatic heterocycles. The molecule has 0 aromatic rings. The lowest BCUT2D eigenvalue weighted by Gasteiger charge is -1.11. The van der Waals surface area contributed by atoms with Gasteiger partial charge in [0.25, 0.3) is 0 Å². The van der Waals surface area contributed by atoms with Crippen molar-refractivity contribution in [2.75, 3.05) is 11.5 Å². The molecule has 1 rings (SSSR count). The van der Waals surface area contributed by atoms with E-state index in [0.717, 1.165) is 0 Å². The fourth-order valence-electron chi connectivity index (χ4n) is 0. The van der Waals surface area contributed by atoms with Gasteiger partial charge in [0.2, 0.25) is 0 Å². The highest BCUT2D eigenvalue weighted by molar-refractivity contribution is 8.06. The average molecular weight is 78.1 g/mol. The van der Waals surface area contributed by atoms with Gasteiger partial charge in [-0.3, -0.25) is 0 Å². The SMILES string of the molecule is C1CS1.O. The lowest BCUT2D eigenvalue weighted by molar-refractivity contribution is 0.824. The van der Waals surface area contributed by atoms with E-state index < -0.39 is 0 Å². The molecule has 0 bridgehead atoms. The van der Waals surface area contributed by atoms with E-state index in [-0.39, 0.29) is 5.48 Å². The number of rotatable bonds is 0. The molecular weight excluding hydrogens is 72.1 g/mol. The summed E-state index contributed by atoms with van der Waals surface area (Å²) in [5, 5.41) is 0. The quantitative estimate of drug-likeness (QED) is 0.372. The molecule has 0 unspecified atom stereocenters. The summed E-state index contributed by atoms with van der Waals surface area (Å²) >= 11 is 2.00. The fourth-order valence-corrected chi connectivity index (χ4v) is 0. The zero-order chi connectivity index (χ0) is 2.12. The van der Waals surface area contributed by atoms with Crippen LogP contribution in [0.4, 0.5) is 0 Å². The molecule has 1 aliphatic rings. The smallest absolute Gasteiger partial charge is 0.00238 e. The van der Waals surface area contributed by atoms with Crippen LogP contribution in [-0.2, 0) is 0 Å². The van der Waals surface area contributed by atoms with Gasteiger partial charge in [0.1, 0.15) is 0 Å². The third kappa shape index (κ3) is 2.31. The van der Waals surface area contributed by atoms with Gasteiger partial charge in [-0.25, -0.2) is 0 Å². The highest BCUT2D eigenvalue weighted by Crippen LogP contribution is 2.14. The molecule has 1 saturated heterocycles. The summed E-state index contributed by atoms with van der Waals surface area (Å²) in [6.45, 7) is 0. The molecule has 0 spiro atoms. The monoisotopic (exact) mass is 78.0 g/mol. The van der Waals surface area contributed by atoms with Crippen molar-refractivity contribution in [2.24, 2.45) is 0 Å². The minimum absolute atomic E-state index is 0. The van der Waals surface area contributed by atoms with Crippen molar-refractivity contribution >= 4 is 11.8 Å². The van der Waals surface area contributed by atoms with Crippen molar-refractivity contribution < 1.29 is 5.48 Å². The normalized spacial score (nSPS) is 18.0. The van der Waals surface area contributed by atoms with Crippen LogP contribution in [0.1, 0.15) is 0 Å². The Kier molecular flexibility index (Phi) is 1.74. The lowest BCUT2D eigenvalue weighted by Crippen LogP contribution is -1.20. The van der Waals surface area contributed by atoms with Crippen LogP contribution in [0, 0.1) is 0 Å². The van der Waals surface area contributed by atoms with Crippen molar-refractivity contribution in [1.82, 2.24) is 0 Å². The molecule has 0 aromatic carbocycles. The Hall–Kier alpha value is 0.310. The third-order valence-electron chi connectivity index (χ3n) is 0.204. The highest BCUT2D eigenvalue weighted by atomic mass is 32.2. The van der Waals surface area contributed by atoms with Crippen LogP contribution < -0.4 is 0 Å². The second-order valence-electron chi connectivity index (χ2n) is 0.612. The molecule has 4 heavy (non-hydrogen) atoms. The van der Waals surface area contributed by atoms with Gasteiger partial charge in [-0.1, -0.05) is 0 Å². The second kappa shape index (κ2) is 1.61. The Labute approximate surface area is 29.7 Å². The van der Waals surface area contributed by atoms with Gasteiger partial charge in [-0.15, -0.1) is 0 Å². The minimum Gasteiger partial charge on any atom is -0.412 e. The summed E-state index contributed by atoms with van der Waals surface area (Å²) in [5.74, 6) is 2.83. The molecule has 2 heteroatoms. The van der Waals surface area contributed by atoms with E-state index in [1.807, 2.05) is 11.8 Å². The van der Waals surface area contributed by atoms with E-state index in [0.29, 0.717) is 0 Å². The third-order valence-corrected chi connectivity index (χ3v) is 0.612. The number of hydrogen-bond donors (Lipinski definition) is 0. The van der Waals surface area contributed by atoms with Crippen LogP contribution in [0.5, 0.6) is 0 Å². The van der Waals surface area contributed by atoms with Gasteiger partial charge in [0, 0.05) is 11.5 Å². The topological polar surface area (TPSA) is 31.5 Å². The van der Waals surface area contributed by atoms with Crippen LogP contribution in [0.2, 0.25) is 0 Å². The summed E-state index contributed by atoms with van der Waals surface area (Å²) in [6, 6.07) is 0. The summed E-state index contributed by atoms with van der Waals surface area (Å²) in [6.07, 6.45) is 0. The van der Waals surface area contributed by atoms with E-state index in [2.05, 4.69) is 0 Å². The average Bonchev–Trinajstić information content (AvgIpc) is 1.46. The van der Waals surface area contributed by atoms with Crippen LogP contribution in [0.25, 0.3) is 0 Å². The first-order valence-electron chi connectivity index (χ1n) is 1.08. The molecule has 1 aliphatic heterocycles. The minimum atomic E-state index is 0. The van der Waals surface area contributed by atoms with E-state index in [1.54, 1.807) is 0 Å². The zero-order valence-corrected chi connectivity index (χ0v) is 3.14. The van der Waals surface area contributed by atoms with Gasteiger partial charge in [-0.05, 0) is 0 Å². The summed E-state index contributed by atoms with van der Waals surface area (Å²) in [7, 11) is 0. The van der Waals surface area contributed by atoms with Crippen molar-refractivity contribution in [3.05, 3.63) is 0 Å². The van der Waals surface area contributed by atoms with Gasteiger partial charge in [-0.2, -0.15) is 11.8 Å².